The average Bonchev–Trinajstić information content (AvgIpc) is 2.84. The summed E-state index contributed by atoms with van der Waals surface area (Å²) in [6.07, 6.45) is 2.91. The largest absolute Gasteiger partial charge is 0.505 e. The molecule has 0 unspecified atom stereocenters. The second-order valence-electron chi connectivity index (χ2n) is 4.01. The molecule has 0 atom stereocenters. The highest BCUT2D eigenvalue weighted by molar-refractivity contribution is 5.98. The molecule has 1 aromatic carbocycles. The zero-order valence-electron chi connectivity index (χ0n) is 10.1. The number of fused-ring (bicyclic) bond motifs is 1. The van der Waals surface area contributed by atoms with Gasteiger partial charge in [-0.2, -0.15) is 0 Å². The van der Waals surface area contributed by atoms with Gasteiger partial charge in [0, 0.05) is 0 Å². The second kappa shape index (κ2) is 5.48. The van der Waals surface area contributed by atoms with Crippen LogP contribution in [0.1, 0.15) is 36.5 Å². The molecule has 0 amide bonds. The van der Waals surface area contributed by atoms with Gasteiger partial charge >= 0.3 is 5.97 Å². The van der Waals surface area contributed by atoms with Crippen molar-refractivity contribution >= 4 is 17.0 Å². The van der Waals surface area contributed by atoms with Crippen molar-refractivity contribution in [3.63, 3.8) is 0 Å². The Morgan fingerprint density at radius 2 is 2.28 bits per heavy atom. The van der Waals surface area contributed by atoms with Crippen LogP contribution in [0.5, 0.6) is 5.75 Å². The van der Waals surface area contributed by atoms with E-state index >= 15 is 0 Å². The van der Waals surface area contributed by atoms with Crippen molar-refractivity contribution in [3.05, 3.63) is 17.7 Å². The molecule has 0 aliphatic carbocycles. The lowest BCUT2D eigenvalue weighted by molar-refractivity contribution is 0.0495. The molecular formula is C12H15N3O3. The van der Waals surface area contributed by atoms with Crippen LogP contribution in [0.25, 0.3) is 11.0 Å². The van der Waals surface area contributed by atoms with E-state index in [4.69, 9.17) is 4.74 Å². The Hall–Kier alpha value is -2.11. The van der Waals surface area contributed by atoms with E-state index in [1.165, 1.54) is 6.07 Å². The topological polar surface area (TPSA) is 88.1 Å². The molecule has 2 N–H and O–H groups in total. The molecular weight excluding hydrogens is 234 g/mol. The van der Waals surface area contributed by atoms with E-state index in [0.29, 0.717) is 12.1 Å². The number of aromatic nitrogens is 3. The Kier molecular flexibility index (Phi) is 3.76. The molecule has 6 heteroatoms. The molecule has 1 aromatic heterocycles. The van der Waals surface area contributed by atoms with Gasteiger partial charge in [-0.15, -0.1) is 5.10 Å². The van der Waals surface area contributed by atoms with Crippen LogP contribution < -0.4 is 0 Å². The number of benzene rings is 1. The number of hydrogen-bond donors (Lipinski definition) is 2. The highest BCUT2D eigenvalue weighted by Crippen LogP contribution is 2.26. The van der Waals surface area contributed by atoms with Gasteiger partial charge in [0.05, 0.1) is 12.1 Å². The fraction of sp³-hybridized carbons (Fsp3) is 0.417. The number of aromatic amines is 1. The molecule has 0 saturated carbocycles. The van der Waals surface area contributed by atoms with E-state index < -0.39 is 5.97 Å². The fourth-order valence-electron chi connectivity index (χ4n) is 1.66. The molecule has 0 aliphatic heterocycles. The number of carbonyl (C=O) groups is 1. The lowest BCUT2D eigenvalue weighted by atomic mass is 10.1. The maximum atomic E-state index is 11.8. The van der Waals surface area contributed by atoms with Crippen molar-refractivity contribution < 1.29 is 14.6 Å². The van der Waals surface area contributed by atoms with Crippen LogP contribution in [0.15, 0.2) is 12.1 Å². The molecule has 2 aromatic rings. The molecule has 0 radical (unpaired) electrons. The van der Waals surface area contributed by atoms with Crippen LogP contribution in [-0.2, 0) is 4.74 Å². The number of esters is 1. The second-order valence-corrected chi connectivity index (χ2v) is 4.01. The van der Waals surface area contributed by atoms with Crippen LogP contribution in [0.4, 0.5) is 0 Å². The van der Waals surface area contributed by atoms with Gasteiger partial charge in [-0.3, -0.25) is 5.10 Å². The summed E-state index contributed by atoms with van der Waals surface area (Å²) >= 11 is 0. The van der Waals surface area contributed by atoms with Gasteiger partial charge in [0.1, 0.15) is 5.56 Å². The van der Waals surface area contributed by atoms with Gasteiger partial charge in [-0.1, -0.05) is 25.0 Å². The van der Waals surface area contributed by atoms with Crippen LogP contribution in [0.3, 0.4) is 0 Å². The smallest absolute Gasteiger partial charge is 0.341 e. The van der Waals surface area contributed by atoms with Crippen molar-refractivity contribution in [2.24, 2.45) is 0 Å². The molecule has 0 spiro atoms. The predicted octanol–water partition coefficient (Wildman–Crippen LogP) is 2.01. The summed E-state index contributed by atoms with van der Waals surface area (Å²) in [4.78, 5) is 11.8. The first-order valence-corrected chi connectivity index (χ1v) is 5.94. The first kappa shape index (κ1) is 12.3. The summed E-state index contributed by atoms with van der Waals surface area (Å²) in [5, 5.41) is 19.8. The van der Waals surface area contributed by atoms with Gasteiger partial charge < -0.3 is 9.84 Å². The number of ether oxygens (including phenoxy) is 1. The Morgan fingerprint density at radius 3 is 3.06 bits per heavy atom. The van der Waals surface area contributed by atoms with E-state index in [2.05, 4.69) is 22.3 Å². The van der Waals surface area contributed by atoms with Crippen molar-refractivity contribution in [1.82, 2.24) is 15.4 Å². The first-order valence-electron chi connectivity index (χ1n) is 5.94. The molecule has 0 saturated heterocycles. The molecule has 0 bridgehead atoms. The number of hydrogen-bond acceptors (Lipinski definition) is 5. The molecule has 0 aliphatic rings. The fourth-order valence-corrected chi connectivity index (χ4v) is 1.66. The normalized spacial score (nSPS) is 10.7. The van der Waals surface area contributed by atoms with Gasteiger partial charge in [-0.25, -0.2) is 4.79 Å². The third-order valence-corrected chi connectivity index (χ3v) is 2.67. The van der Waals surface area contributed by atoms with E-state index in [0.717, 1.165) is 19.3 Å². The minimum Gasteiger partial charge on any atom is -0.505 e. The van der Waals surface area contributed by atoms with E-state index in [1.807, 2.05) is 0 Å². The minimum atomic E-state index is -0.534. The van der Waals surface area contributed by atoms with Crippen LogP contribution in [0, 0.1) is 0 Å². The minimum absolute atomic E-state index is 0.118. The monoisotopic (exact) mass is 249 g/mol. The standard InChI is InChI=1S/C12H15N3O3/c1-2-3-4-7-18-12(17)8-5-6-9-10(11(8)16)14-15-13-9/h5-6,16H,2-4,7H2,1H3,(H,13,14,15). The van der Waals surface area contributed by atoms with Crippen LogP contribution >= 0.6 is 0 Å². The van der Waals surface area contributed by atoms with Crippen LogP contribution in [0.2, 0.25) is 0 Å². The number of rotatable bonds is 5. The van der Waals surface area contributed by atoms with Gasteiger partial charge in [-0.05, 0) is 18.6 Å². The number of H-pyrrole nitrogens is 1. The van der Waals surface area contributed by atoms with Gasteiger partial charge in [0.2, 0.25) is 0 Å². The van der Waals surface area contributed by atoms with E-state index in [9.17, 15) is 9.90 Å². The summed E-state index contributed by atoms with van der Waals surface area (Å²) in [6, 6.07) is 3.14. The lowest BCUT2D eigenvalue weighted by Crippen LogP contribution is -2.06. The Bertz CT molecular complexity index is 550. The number of phenolic OH excluding ortho intramolecular Hbond substituents is 1. The first-order chi connectivity index (χ1) is 8.74. The molecule has 2 rings (SSSR count). The van der Waals surface area contributed by atoms with E-state index in [-0.39, 0.29) is 16.8 Å². The number of aromatic hydroxyl groups is 1. The van der Waals surface area contributed by atoms with Gasteiger partial charge in [0.15, 0.2) is 11.3 Å². The van der Waals surface area contributed by atoms with Crippen molar-refractivity contribution in [2.45, 2.75) is 26.2 Å². The molecule has 6 nitrogen and oxygen atoms in total. The SMILES string of the molecule is CCCCCOC(=O)c1ccc2[nH]nnc2c1O. The zero-order chi connectivity index (χ0) is 13.0. The number of carbonyl (C=O) groups excluding carboxylic acids is 1. The third kappa shape index (κ3) is 2.42. The van der Waals surface area contributed by atoms with Crippen molar-refractivity contribution in [2.75, 3.05) is 6.61 Å². The number of phenols is 1. The van der Waals surface area contributed by atoms with Gasteiger partial charge in [0.25, 0.3) is 0 Å². The summed E-state index contributed by atoms with van der Waals surface area (Å²) in [5.41, 5.74) is 0.973. The molecule has 96 valence electrons. The average molecular weight is 249 g/mol. The van der Waals surface area contributed by atoms with Crippen molar-refractivity contribution in [1.29, 1.82) is 0 Å². The molecule has 0 fully saturated rings. The van der Waals surface area contributed by atoms with Crippen LogP contribution in [-0.4, -0.2) is 33.1 Å². The maximum absolute atomic E-state index is 11.8. The summed E-state index contributed by atoms with van der Waals surface area (Å²) in [5.74, 6) is -0.727. The number of nitrogens with one attached hydrogen (secondary N) is 1. The Morgan fingerprint density at radius 1 is 1.44 bits per heavy atom. The Balaban J connectivity index is 2.10. The quantitative estimate of drug-likeness (QED) is 0.625. The van der Waals surface area contributed by atoms with Crippen molar-refractivity contribution in [3.8, 4) is 5.75 Å². The summed E-state index contributed by atoms with van der Waals surface area (Å²) in [7, 11) is 0. The lowest BCUT2D eigenvalue weighted by Gasteiger charge is -2.05. The third-order valence-electron chi connectivity index (χ3n) is 2.67. The maximum Gasteiger partial charge on any atom is 0.341 e. The molecule has 1 heterocycles. The highest BCUT2D eigenvalue weighted by Gasteiger charge is 2.16. The number of unbranched alkanes of at least 4 members (excludes halogenated alkanes) is 2. The summed E-state index contributed by atoms with van der Waals surface area (Å²) in [6.45, 7) is 2.44. The predicted molar refractivity (Wildman–Crippen MR) is 65.4 cm³/mol. The Labute approximate surface area is 104 Å². The molecule has 18 heavy (non-hydrogen) atoms. The number of nitrogens with zero attached hydrogens (tertiary/aromatic N) is 2. The van der Waals surface area contributed by atoms with E-state index in [1.54, 1.807) is 6.07 Å². The zero-order valence-corrected chi connectivity index (χ0v) is 10.1. The summed E-state index contributed by atoms with van der Waals surface area (Å²) < 4.78 is 5.08. The highest BCUT2D eigenvalue weighted by atomic mass is 16.5.